The van der Waals surface area contributed by atoms with Crippen LogP contribution in [0.15, 0.2) is 24.3 Å². The number of benzene rings is 1. The van der Waals surface area contributed by atoms with E-state index in [1.165, 1.54) is 63.4 Å². The molecule has 0 amide bonds. The van der Waals surface area contributed by atoms with Crippen molar-refractivity contribution in [1.29, 1.82) is 0 Å². The Labute approximate surface area is 146 Å². The lowest BCUT2D eigenvalue weighted by molar-refractivity contribution is 0.233. The van der Waals surface area contributed by atoms with Crippen molar-refractivity contribution in [2.45, 2.75) is 98.3 Å². The maximum Gasteiger partial charge on any atom is -0.0131 e. The summed E-state index contributed by atoms with van der Waals surface area (Å²) in [7, 11) is 0. The van der Waals surface area contributed by atoms with Gasteiger partial charge in [-0.15, -0.1) is 0 Å². The van der Waals surface area contributed by atoms with Crippen molar-refractivity contribution in [3.63, 3.8) is 0 Å². The number of rotatable bonds is 12. The molecule has 0 aliphatic carbocycles. The van der Waals surface area contributed by atoms with Crippen molar-refractivity contribution >= 4 is 0 Å². The van der Waals surface area contributed by atoms with E-state index >= 15 is 0 Å². The quantitative estimate of drug-likeness (QED) is 0.344. The minimum atomic E-state index is 0.757. The Morgan fingerprint density at radius 3 is 1.91 bits per heavy atom. The van der Waals surface area contributed by atoms with E-state index in [0.717, 1.165) is 17.8 Å². The third-order valence-electron chi connectivity index (χ3n) is 5.67. The molecule has 3 unspecified atom stereocenters. The topological polar surface area (TPSA) is 0 Å². The second kappa shape index (κ2) is 11.7. The van der Waals surface area contributed by atoms with Gasteiger partial charge in [0.2, 0.25) is 0 Å². The fourth-order valence-corrected chi connectivity index (χ4v) is 4.19. The lowest BCUT2D eigenvalue weighted by Crippen LogP contribution is -2.22. The van der Waals surface area contributed by atoms with Crippen LogP contribution in [0.4, 0.5) is 0 Å². The Kier molecular flexibility index (Phi) is 10.3. The highest BCUT2D eigenvalue weighted by Gasteiger charge is 2.27. The molecule has 0 saturated heterocycles. The van der Waals surface area contributed by atoms with E-state index in [2.05, 4.69) is 58.9 Å². The summed E-state index contributed by atoms with van der Waals surface area (Å²) in [5, 5.41) is 0. The molecule has 0 heterocycles. The zero-order chi connectivity index (χ0) is 17.1. The van der Waals surface area contributed by atoms with Gasteiger partial charge in [-0.2, -0.15) is 0 Å². The zero-order valence-corrected chi connectivity index (χ0v) is 16.4. The van der Waals surface area contributed by atoms with Gasteiger partial charge in [0.15, 0.2) is 0 Å². The molecule has 0 N–H and O–H groups in total. The standard InChI is InChI=1S/C23H40/c1-6-10-12-13-20(8-3)22(9-4)23(14-11-7-2)21-17-15-19(5)16-18-21/h15-18,20,22-23H,6-14H2,1-5H3. The first-order valence-corrected chi connectivity index (χ1v) is 10.2. The van der Waals surface area contributed by atoms with Crippen LogP contribution in [0, 0.1) is 18.8 Å². The fraction of sp³-hybridized carbons (Fsp3) is 0.739. The molecule has 0 radical (unpaired) electrons. The lowest BCUT2D eigenvalue weighted by atomic mass is 9.71. The molecule has 0 saturated carbocycles. The summed E-state index contributed by atoms with van der Waals surface area (Å²) in [5.74, 6) is 2.51. The molecule has 1 rings (SSSR count). The van der Waals surface area contributed by atoms with Crippen molar-refractivity contribution in [2.24, 2.45) is 11.8 Å². The van der Waals surface area contributed by atoms with Crippen molar-refractivity contribution in [2.75, 3.05) is 0 Å². The summed E-state index contributed by atoms with van der Waals surface area (Å²) >= 11 is 0. The Hall–Kier alpha value is -0.780. The maximum atomic E-state index is 2.42. The first-order valence-electron chi connectivity index (χ1n) is 10.2. The van der Waals surface area contributed by atoms with Crippen molar-refractivity contribution in [3.8, 4) is 0 Å². The molecular weight excluding hydrogens is 276 g/mol. The highest BCUT2D eigenvalue weighted by atomic mass is 14.3. The smallest absolute Gasteiger partial charge is 0.0131 e. The average molecular weight is 317 g/mol. The van der Waals surface area contributed by atoms with Crippen molar-refractivity contribution in [1.82, 2.24) is 0 Å². The minimum Gasteiger partial charge on any atom is -0.0654 e. The SMILES string of the molecule is CCCCCC(CC)C(CC)C(CCCC)c1ccc(C)cc1. The third kappa shape index (κ3) is 6.69. The van der Waals surface area contributed by atoms with Gasteiger partial charge in [0.25, 0.3) is 0 Å². The first-order chi connectivity index (χ1) is 11.2. The van der Waals surface area contributed by atoms with Gasteiger partial charge < -0.3 is 0 Å². The second-order valence-electron chi connectivity index (χ2n) is 7.40. The van der Waals surface area contributed by atoms with Gasteiger partial charge in [0.1, 0.15) is 0 Å². The average Bonchev–Trinajstić information content (AvgIpc) is 2.57. The van der Waals surface area contributed by atoms with Crippen LogP contribution < -0.4 is 0 Å². The van der Waals surface area contributed by atoms with E-state index in [4.69, 9.17) is 0 Å². The van der Waals surface area contributed by atoms with Gasteiger partial charge in [-0.3, -0.25) is 0 Å². The van der Waals surface area contributed by atoms with Crippen LogP contribution in [0.1, 0.15) is 103 Å². The van der Waals surface area contributed by atoms with Crippen LogP contribution in [0.25, 0.3) is 0 Å². The zero-order valence-electron chi connectivity index (χ0n) is 16.4. The van der Waals surface area contributed by atoms with E-state index < -0.39 is 0 Å². The number of hydrogen-bond donors (Lipinski definition) is 0. The Morgan fingerprint density at radius 2 is 1.39 bits per heavy atom. The van der Waals surface area contributed by atoms with Crippen LogP contribution in [0.3, 0.4) is 0 Å². The molecule has 23 heavy (non-hydrogen) atoms. The van der Waals surface area contributed by atoms with E-state index in [0.29, 0.717) is 0 Å². The summed E-state index contributed by atoms with van der Waals surface area (Å²) in [6, 6.07) is 9.41. The predicted molar refractivity (Wildman–Crippen MR) is 105 cm³/mol. The van der Waals surface area contributed by atoms with Crippen molar-refractivity contribution < 1.29 is 0 Å². The van der Waals surface area contributed by atoms with Gasteiger partial charge >= 0.3 is 0 Å². The Balaban J connectivity index is 2.92. The highest BCUT2D eigenvalue weighted by molar-refractivity contribution is 5.25. The fourth-order valence-electron chi connectivity index (χ4n) is 4.19. The molecule has 0 bridgehead atoms. The Morgan fingerprint density at radius 1 is 0.739 bits per heavy atom. The summed E-state index contributed by atoms with van der Waals surface area (Å²) in [4.78, 5) is 0. The van der Waals surface area contributed by atoms with Gasteiger partial charge in [0.05, 0.1) is 0 Å². The van der Waals surface area contributed by atoms with Gasteiger partial charge in [0, 0.05) is 0 Å². The molecule has 0 heteroatoms. The summed E-state index contributed by atoms with van der Waals surface area (Å²) in [5.41, 5.74) is 2.97. The molecule has 132 valence electrons. The molecule has 0 aliphatic heterocycles. The third-order valence-corrected chi connectivity index (χ3v) is 5.67. The molecule has 1 aromatic carbocycles. The number of hydrogen-bond acceptors (Lipinski definition) is 0. The molecule has 0 fully saturated rings. The largest absolute Gasteiger partial charge is 0.0654 e. The second-order valence-corrected chi connectivity index (χ2v) is 7.40. The van der Waals surface area contributed by atoms with Crippen LogP contribution in [0.2, 0.25) is 0 Å². The summed E-state index contributed by atoms with van der Waals surface area (Å²) < 4.78 is 0. The van der Waals surface area contributed by atoms with Crippen LogP contribution >= 0.6 is 0 Å². The summed E-state index contributed by atoms with van der Waals surface area (Å²) in [6.45, 7) is 11.7. The molecule has 0 spiro atoms. The predicted octanol–water partition coefficient (Wildman–Crippen LogP) is 7.90. The van der Waals surface area contributed by atoms with Gasteiger partial charge in [-0.1, -0.05) is 109 Å². The molecule has 3 atom stereocenters. The number of aryl methyl sites for hydroxylation is 1. The minimum absolute atomic E-state index is 0.757. The van der Waals surface area contributed by atoms with E-state index in [-0.39, 0.29) is 0 Å². The maximum absolute atomic E-state index is 2.42. The summed E-state index contributed by atoms with van der Waals surface area (Å²) in [6.07, 6.45) is 12.3. The first kappa shape index (κ1) is 20.3. The molecular formula is C23H40. The van der Waals surface area contributed by atoms with Crippen LogP contribution in [-0.2, 0) is 0 Å². The van der Waals surface area contributed by atoms with E-state index in [1.807, 2.05) is 0 Å². The van der Waals surface area contributed by atoms with Gasteiger partial charge in [-0.25, -0.2) is 0 Å². The van der Waals surface area contributed by atoms with Crippen molar-refractivity contribution in [3.05, 3.63) is 35.4 Å². The number of unbranched alkanes of at least 4 members (excludes halogenated alkanes) is 3. The van der Waals surface area contributed by atoms with Crippen LogP contribution in [0.5, 0.6) is 0 Å². The normalized spacial score (nSPS) is 15.3. The Bertz CT molecular complexity index is 389. The highest BCUT2D eigenvalue weighted by Crippen LogP contribution is 2.40. The molecule has 0 aromatic heterocycles. The van der Waals surface area contributed by atoms with E-state index in [1.54, 1.807) is 5.56 Å². The molecule has 1 aromatic rings. The molecule has 0 aliphatic rings. The lowest BCUT2D eigenvalue weighted by Gasteiger charge is -2.34. The van der Waals surface area contributed by atoms with Crippen LogP contribution in [-0.4, -0.2) is 0 Å². The van der Waals surface area contributed by atoms with E-state index in [9.17, 15) is 0 Å². The van der Waals surface area contributed by atoms with Gasteiger partial charge in [-0.05, 0) is 36.7 Å². The molecule has 0 nitrogen and oxygen atoms in total. The monoisotopic (exact) mass is 316 g/mol.